The topological polar surface area (TPSA) is 52.6 Å². The van der Waals surface area contributed by atoms with Gasteiger partial charge in [-0.05, 0) is 106 Å². The summed E-state index contributed by atoms with van der Waals surface area (Å²) in [6.45, 7) is 16.0. The molecular formula is C32H49ClO4. The summed E-state index contributed by atoms with van der Waals surface area (Å²) in [7, 11) is 3.03. The van der Waals surface area contributed by atoms with Crippen LogP contribution in [0, 0.1) is 39.9 Å². The highest BCUT2D eigenvalue weighted by atomic mass is 35.5. The van der Waals surface area contributed by atoms with Crippen LogP contribution in [0.3, 0.4) is 0 Å². The summed E-state index contributed by atoms with van der Waals surface area (Å²) in [6.07, 6.45) is 11.1. The lowest BCUT2D eigenvalue weighted by Gasteiger charge is -2.59. The Bertz CT molecular complexity index is 976. The average Bonchev–Trinajstić information content (AvgIpc) is 3.11. The van der Waals surface area contributed by atoms with Gasteiger partial charge in [0, 0.05) is 4.87 Å². The van der Waals surface area contributed by atoms with E-state index in [9.17, 15) is 9.59 Å². The van der Waals surface area contributed by atoms with Crippen LogP contribution in [-0.2, 0) is 19.1 Å². The van der Waals surface area contributed by atoms with Crippen molar-refractivity contribution in [2.24, 2.45) is 39.9 Å². The second-order valence-electron chi connectivity index (χ2n) is 13.8. The fourth-order valence-corrected chi connectivity index (χ4v) is 9.52. The molecule has 4 rings (SSSR count). The van der Waals surface area contributed by atoms with Gasteiger partial charge in [0.1, 0.15) is 0 Å². The van der Waals surface area contributed by atoms with E-state index in [0.717, 1.165) is 76.2 Å². The highest BCUT2D eigenvalue weighted by molar-refractivity contribution is 6.23. The van der Waals surface area contributed by atoms with Gasteiger partial charge in [-0.3, -0.25) is 9.59 Å². The molecule has 5 heteroatoms. The molecule has 37 heavy (non-hydrogen) atoms. The normalized spacial score (nSPS) is 38.4. The zero-order valence-corrected chi connectivity index (χ0v) is 25.1. The van der Waals surface area contributed by atoms with E-state index in [-0.39, 0.29) is 44.9 Å². The van der Waals surface area contributed by atoms with Gasteiger partial charge in [0.2, 0.25) is 0 Å². The van der Waals surface area contributed by atoms with Gasteiger partial charge in [-0.1, -0.05) is 50.5 Å². The smallest absolute Gasteiger partial charge is 0.312 e. The maximum atomic E-state index is 13.1. The molecular weight excluding hydrogens is 484 g/mol. The molecule has 2 fully saturated rings. The Balaban J connectivity index is 1.64. The largest absolute Gasteiger partial charge is 0.469 e. The Morgan fingerprint density at radius 2 is 1.73 bits per heavy atom. The second kappa shape index (κ2) is 10.0. The molecule has 0 bridgehead atoms. The molecule has 4 aliphatic carbocycles. The van der Waals surface area contributed by atoms with Crippen LogP contribution in [0.1, 0.15) is 105 Å². The van der Waals surface area contributed by atoms with E-state index in [1.54, 1.807) is 18.3 Å². The van der Waals surface area contributed by atoms with E-state index in [1.807, 2.05) is 0 Å². The van der Waals surface area contributed by atoms with Crippen molar-refractivity contribution < 1.29 is 19.1 Å². The predicted molar refractivity (Wildman–Crippen MR) is 149 cm³/mol. The number of alkyl halides is 1. The average molecular weight is 533 g/mol. The van der Waals surface area contributed by atoms with Crippen LogP contribution in [0.4, 0.5) is 0 Å². The number of rotatable bonds is 7. The van der Waals surface area contributed by atoms with Crippen LogP contribution in [-0.4, -0.2) is 31.0 Å². The number of methoxy groups -OCH3 is 2. The second-order valence-corrected chi connectivity index (χ2v) is 14.8. The summed E-state index contributed by atoms with van der Waals surface area (Å²) < 4.78 is 10.5. The molecule has 0 heterocycles. The number of allylic oxidation sites excluding steroid dienone is 2. The monoisotopic (exact) mass is 532 g/mol. The standard InChI is InChI=1S/C32H49ClO4/c1-20-21(27(34)36-7)13-17-30(4)23(20)11-12-26-25(30)15-19-31(5)24(14-18-32(26,31)6)22(28(35)37-8)10-9-16-29(2,3)33/h21-24H,1,9-19H2,2-8H3. The van der Waals surface area contributed by atoms with E-state index in [2.05, 4.69) is 41.2 Å². The molecule has 0 amide bonds. The minimum absolute atomic E-state index is 0.0456. The third-order valence-corrected chi connectivity index (χ3v) is 11.9. The number of fused-ring (bicyclic) bond motifs is 4. The van der Waals surface area contributed by atoms with Gasteiger partial charge in [0.05, 0.1) is 26.1 Å². The molecule has 7 atom stereocenters. The van der Waals surface area contributed by atoms with E-state index in [4.69, 9.17) is 21.1 Å². The molecule has 0 aliphatic heterocycles. The fourth-order valence-electron chi connectivity index (χ4n) is 9.38. The SMILES string of the molecule is C=C1C(C(=O)OC)CCC2(C)C3=C(CCC12)C1(C)CCC(C(CCCC(C)(C)Cl)C(=O)OC)C1(C)CC3. The molecule has 2 saturated carbocycles. The van der Waals surface area contributed by atoms with Gasteiger partial charge >= 0.3 is 11.9 Å². The molecule has 0 radical (unpaired) electrons. The maximum Gasteiger partial charge on any atom is 0.312 e. The van der Waals surface area contributed by atoms with Gasteiger partial charge in [-0.15, -0.1) is 11.6 Å². The Kier molecular flexibility index (Phi) is 7.78. The van der Waals surface area contributed by atoms with Crippen LogP contribution in [0.25, 0.3) is 0 Å². The lowest BCUT2D eigenvalue weighted by atomic mass is 9.45. The highest BCUT2D eigenvalue weighted by Crippen LogP contribution is 2.72. The van der Waals surface area contributed by atoms with Gasteiger partial charge in [0.25, 0.3) is 0 Å². The van der Waals surface area contributed by atoms with Crippen molar-refractivity contribution in [3.63, 3.8) is 0 Å². The molecule has 0 N–H and O–H groups in total. The summed E-state index contributed by atoms with van der Waals surface area (Å²) in [5.41, 5.74) is 4.64. The van der Waals surface area contributed by atoms with Crippen molar-refractivity contribution in [2.75, 3.05) is 14.2 Å². The fraction of sp³-hybridized carbons (Fsp3) is 0.812. The Morgan fingerprint density at radius 3 is 2.35 bits per heavy atom. The molecule has 0 spiro atoms. The van der Waals surface area contributed by atoms with E-state index in [0.29, 0.717) is 11.8 Å². The predicted octanol–water partition coefficient (Wildman–Crippen LogP) is 8.03. The van der Waals surface area contributed by atoms with Gasteiger partial charge in [-0.2, -0.15) is 0 Å². The van der Waals surface area contributed by atoms with Gasteiger partial charge < -0.3 is 9.47 Å². The summed E-state index contributed by atoms with van der Waals surface area (Å²) >= 11 is 6.49. The maximum absolute atomic E-state index is 13.1. The van der Waals surface area contributed by atoms with E-state index in [1.165, 1.54) is 7.11 Å². The number of hydrogen-bond donors (Lipinski definition) is 0. The zero-order valence-electron chi connectivity index (χ0n) is 24.3. The highest BCUT2D eigenvalue weighted by Gasteiger charge is 2.63. The first-order chi connectivity index (χ1) is 17.2. The molecule has 0 saturated heterocycles. The summed E-state index contributed by atoms with van der Waals surface area (Å²) in [4.78, 5) is 25.3. The minimum atomic E-state index is -0.246. The first kappa shape index (κ1) is 28.7. The van der Waals surface area contributed by atoms with Crippen LogP contribution in [0.5, 0.6) is 0 Å². The van der Waals surface area contributed by atoms with Crippen molar-refractivity contribution in [1.82, 2.24) is 0 Å². The van der Waals surface area contributed by atoms with Crippen molar-refractivity contribution in [2.45, 2.75) is 110 Å². The molecule has 0 aromatic carbocycles. The van der Waals surface area contributed by atoms with Gasteiger partial charge in [0.15, 0.2) is 0 Å². The van der Waals surface area contributed by atoms with Crippen LogP contribution >= 0.6 is 11.6 Å². The van der Waals surface area contributed by atoms with Crippen molar-refractivity contribution in [3.8, 4) is 0 Å². The molecule has 7 unspecified atom stereocenters. The van der Waals surface area contributed by atoms with Gasteiger partial charge in [-0.25, -0.2) is 0 Å². The van der Waals surface area contributed by atoms with Crippen molar-refractivity contribution in [1.29, 1.82) is 0 Å². The van der Waals surface area contributed by atoms with Crippen molar-refractivity contribution >= 4 is 23.5 Å². The Hall–Kier alpha value is -1.29. The lowest BCUT2D eigenvalue weighted by Crippen LogP contribution is -2.50. The molecule has 4 nitrogen and oxygen atoms in total. The third-order valence-electron chi connectivity index (χ3n) is 11.7. The number of carbonyl (C=O) groups excluding carboxylic acids is 2. The number of ether oxygens (including phenoxy) is 2. The van der Waals surface area contributed by atoms with Crippen LogP contribution in [0.2, 0.25) is 0 Å². The summed E-state index contributed by atoms with van der Waals surface area (Å²) in [5.74, 6) is 0.268. The molecule has 0 aromatic rings. The molecule has 208 valence electrons. The summed E-state index contributed by atoms with van der Waals surface area (Å²) in [6, 6.07) is 0. The van der Waals surface area contributed by atoms with E-state index >= 15 is 0 Å². The van der Waals surface area contributed by atoms with Crippen molar-refractivity contribution in [3.05, 3.63) is 23.3 Å². The third kappa shape index (κ3) is 4.61. The molecule has 4 aliphatic rings. The Labute approximate surface area is 230 Å². The van der Waals surface area contributed by atoms with E-state index < -0.39 is 0 Å². The summed E-state index contributed by atoms with van der Waals surface area (Å²) in [5, 5.41) is 0. The lowest BCUT2D eigenvalue weighted by molar-refractivity contribution is -0.150. The first-order valence-corrected chi connectivity index (χ1v) is 14.9. The Morgan fingerprint density at radius 1 is 1.03 bits per heavy atom. The molecule has 0 aromatic heterocycles. The number of esters is 2. The quantitative estimate of drug-likeness (QED) is 0.189. The number of hydrogen-bond acceptors (Lipinski definition) is 4. The number of carbonyl (C=O) groups is 2. The van der Waals surface area contributed by atoms with Crippen LogP contribution < -0.4 is 0 Å². The van der Waals surface area contributed by atoms with Crippen LogP contribution in [0.15, 0.2) is 23.3 Å². The first-order valence-electron chi connectivity index (χ1n) is 14.5. The minimum Gasteiger partial charge on any atom is -0.469 e. The number of halogens is 1. The zero-order chi connectivity index (χ0) is 27.4.